The lowest BCUT2D eigenvalue weighted by Gasteiger charge is -2.33. The van der Waals surface area contributed by atoms with Gasteiger partial charge in [-0.1, -0.05) is 57.9 Å². The normalized spacial score (nSPS) is 19.5. The first kappa shape index (κ1) is 16.1. The zero-order valence-corrected chi connectivity index (χ0v) is 15.0. The van der Waals surface area contributed by atoms with Crippen molar-refractivity contribution >= 4 is 38.8 Å². The van der Waals surface area contributed by atoms with Gasteiger partial charge in [0.05, 0.1) is 13.2 Å². The van der Waals surface area contributed by atoms with Gasteiger partial charge in [0, 0.05) is 16.9 Å². The molecule has 0 aromatic heterocycles. The summed E-state index contributed by atoms with van der Waals surface area (Å²) in [5, 5.41) is 0. The molecule has 1 unspecified atom stereocenters. The maximum absolute atomic E-state index is 5.81. The fourth-order valence-corrected chi connectivity index (χ4v) is 5.82. The summed E-state index contributed by atoms with van der Waals surface area (Å²) in [6.07, 6.45) is 0. The van der Waals surface area contributed by atoms with E-state index in [0.29, 0.717) is 0 Å². The second kappa shape index (κ2) is 7.64. The third-order valence-corrected chi connectivity index (χ3v) is 6.76. The van der Waals surface area contributed by atoms with Crippen LogP contribution in [0.15, 0.2) is 24.3 Å². The average molecular weight is 334 g/mol. The van der Waals surface area contributed by atoms with Crippen molar-refractivity contribution in [3.8, 4) is 0 Å². The van der Waals surface area contributed by atoms with E-state index in [1.165, 1.54) is 11.1 Å². The zero-order chi connectivity index (χ0) is 13.7. The van der Waals surface area contributed by atoms with Gasteiger partial charge in [0.15, 0.2) is 0 Å². The van der Waals surface area contributed by atoms with Crippen LogP contribution in [0.1, 0.15) is 25.0 Å². The summed E-state index contributed by atoms with van der Waals surface area (Å²) in [5.41, 5.74) is 2.96. The first-order chi connectivity index (χ1) is 9.11. The van der Waals surface area contributed by atoms with E-state index < -0.39 is 7.58 Å². The third-order valence-electron chi connectivity index (χ3n) is 2.80. The molecule has 2 nitrogen and oxygen atoms in total. The molecule has 2 rings (SSSR count). The summed E-state index contributed by atoms with van der Waals surface area (Å²) in [6.45, 7) is 5.95. The highest BCUT2D eigenvalue weighted by Crippen LogP contribution is 2.57. The van der Waals surface area contributed by atoms with E-state index in [1.54, 1.807) is 22.8 Å². The molecule has 1 aromatic rings. The molecule has 0 N–H and O–H groups in total. The minimum absolute atomic E-state index is 0.160. The van der Waals surface area contributed by atoms with Crippen molar-refractivity contribution in [3.05, 3.63) is 35.4 Å². The quantitative estimate of drug-likeness (QED) is 0.685. The predicted octanol–water partition coefficient (Wildman–Crippen LogP) is 5.24. The molecule has 19 heavy (non-hydrogen) atoms. The molecular formula is C13H20O2P2S2. The van der Waals surface area contributed by atoms with E-state index >= 15 is 0 Å². The maximum atomic E-state index is 5.81. The highest BCUT2D eigenvalue weighted by atomic mass is 32.7. The summed E-state index contributed by atoms with van der Waals surface area (Å²) < 4.78 is 11.6. The molecule has 1 fully saturated rings. The molecule has 1 heterocycles. The van der Waals surface area contributed by atoms with E-state index in [0.717, 1.165) is 24.7 Å². The fourth-order valence-electron chi connectivity index (χ4n) is 1.66. The Morgan fingerprint density at radius 3 is 2.32 bits per heavy atom. The van der Waals surface area contributed by atoms with Gasteiger partial charge in [0.2, 0.25) is 7.58 Å². The Kier molecular flexibility index (Phi) is 6.46. The Balaban J connectivity index is 1.86. The van der Waals surface area contributed by atoms with Gasteiger partial charge in [0.1, 0.15) is 0 Å². The van der Waals surface area contributed by atoms with E-state index in [2.05, 4.69) is 46.6 Å². The summed E-state index contributed by atoms with van der Waals surface area (Å²) in [4.78, 5) is 0. The summed E-state index contributed by atoms with van der Waals surface area (Å²) in [7, 11) is 1.94. The van der Waals surface area contributed by atoms with Crippen molar-refractivity contribution in [3.63, 3.8) is 0 Å². The third kappa shape index (κ3) is 5.19. The van der Waals surface area contributed by atoms with Crippen LogP contribution in [0.3, 0.4) is 0 Å². The van der Waals surface area contributed by atoms with Gasteiger partial charge in [0.25, 0.3) is 0 Å². The van der Waals surface area contributed by atoms with E-state index in [1.807, 2.05) is 0 Å². The minimum Gasteiger partial charge on any atom is -0.325 e. The first-order valence-corrected chi connectivity index (χ1v) is 11.4. The van der Waals surface area contributed by atoms with Crippen molar-refractivity contribution in [2.45, 2.75) is 25.4 Å². The monoisotopic (exact) mass is 334 g/mol. The summed E-state index contributed by atoms with van der Waals surface area (Å²) >= 11 is 3.58. The molecule has 6 heteroatoms. The number of rotatable bonds is 5. The molecule has 0 radical (unpaired) electrons. The van der Waals surface area contributed by atoms with Crippen LogP contribution in [0.2, 0.25) is 0 Å². The Hall–Kier alpha value is 0.700. The van der Waals surface area contributed by atoms with Gasteiger partial charge < -0.3 is 9.05 Å². The topological polar surface area (TPSA) is 18.5 Å². The Labute approximate surface area is 127 Å². The SMILES string of the molecule is CC1(C)COP(SCc2ccccc2CSP)OC1. The smallest absolute Gasteiger partial charge is 0.238 e. The lowest BCUT2D eigenvalue weighted by atomic mass is 9.97. The van der Waals surface area contributed by atoms with E-state index in [-0.39, 0.29) is 5.41 Å². The van der Waals surface area contributed by atoms with Gasteiger partial charge in [-0.05, 0) is 11.1 Å². The Morgan fingerprint density at radius 2 is 1.74 bits per heavy atom. The molecule has 0 saturated carbocycles. The number of benzene rings is 1. The van der Waals surface area contributed by atoms with Crippen LogP contribution >= 0.6 is 38.8 Å². The predicted molar refractivity (Wildman–Crippen MR) is 91.3 cm³/mol. The Bertz CT molecular complexity index is 405. The van der Waals surface area contributed by atoms with Crippen molar-refractivity contribution in [2.75, 3.05) is 13.2 Å². The molecular weight excluding hydrogens is 314 g/mol. The van der Waals surface area contributed by atoms with Crippen molar-refractivity contribution in [2.24, 2.45) is 5.41 Å². The second-order valence-corrected chi connectivity index (χ2v) is 10.1. The summed E-state index contributed by atoms with van der Waals surface area (Å²) in [6, 6.07) is 8.61. The minimum atomic E-state index is -0.771. The second-order valence-electron chi connectivity index (χ2n) is 5.29. The van der Waals surface area contributed by atoms with Crippen LogP contribution < -0.4 is 0 Å². The molecule has 1 aliphatic rings. The van der Waals surface area contributed by atoms with Crippen LogP contribution in [0.5, 0.6) is 0 Å². The first-order valence-electron chi connectivity index (χ1n) is 6.18. The van der Waals surface area contributed by atoms with Crippen LogP contribution in [-0.4, -0.2) is 13.2 Å². The molecule has 0 spiro atoms. The van der Waals surface area contributed by atoms with Crippen LogP contribution in [0.4, 0.5) is 0 Å². The highest BCUT2D eigenvalue weighted by Gasteiger charge is 2.29. The van der Waals surface area contributed by atoms with Crippen LogP contribution in [-0.2, 0) is 20.6 Å². The van der Waals surface area contributed by atoms with Gasteiger partial charge in [-0.3, -0.25) is 0 Å². The number of hydrogen-bond donors (Lipinski definition) is 0. The van der Waals surface area contributed by atoms with Gasteiger partial charge in [-0.25, -0.2) is 0 Å². The lowest BCUT2D eigenvalue weighted by molar-refractivity contribution is 0.0686. The van der Waals surface area contributed by atoms with Crippen LogP contribution in [0, 0.1) is 5.41 Å². The molecule has 1 aromatic carbocycles. The van der Waals surface area contributed by atoms with Crippen molar-refractivity contribution < 1.29 is 9.05 Å². The van der Waals surface area contributed by atoms with E-state index in [4.69, 9.17) is 9.05 Å². The average Bonchev–Trinajstić information content (AvgIpc) is 2.39. The molecule has 0 aliphatic carbocycles. The van der Waals surface area contributed by atoms with Crippen molar-refractivity contribution in [1.82, 2.24) is 0 Å². The molecule has 1 atom stereocenters. The Morgan fingerprint density at radius 1 is 1.16 bits per heavy atom. The van der Waals surface area contributed by atoms with Gasteiger partial charge >= 0.3 is 0 Å². The zero-order valence-electron chi connectivity index (χ0n) is 11.3. The van der Waals surface area contributed by atoms with E-state index in [9.17, 15) is 0 Å². The molecule has 1 aliphatic heterocycles. The molecule has 106 valence electrons. The maximum Gasteiger partial charge on any atom is 0.238 e. The molecule has 1 saturated heterocycles. The summed E-state index contributed by atoms with van der Waals surface area (Å²) in [5.74, 6) is 2.00. The fraction of sp³-hybridized carbons (Fsp3) is 0.538. The van der Waals surface area contributed by atoms with Crippen molar-refractivity contribution in [1.29, 1.82) is 0 Å². The standard InChI is InChI=1S/C13H20O2P2S2/c1-13(2)9-14-17(15-10-13)19-8-12-6-4-3-5-11(12)7-18-16/h3-6H,7-10,16H2,1-2H3. The largest absolute Gasteiger partial charge is 0.325 e. The van der Waals surface area contributed by atoms with Gasteiger partial charge in [-0.15, -0.1) is 11.4 Å². The highest BCUT2D eigenvalue weighted by molar-refractivity contribution is 8.52. The number of hydrogen-bond acceptors (Lipinski definition) is 4. The molecule has 0 bridgehead atoms. The van der Waals surface area contributed by atoms with Gasteiger partial charge in [-0.2, -0.15) is 0 Å². The van der Waals surface area contributed by atoms with Crippen LogP contribution in [0.25, 0.3) is 0 Å². The molecule has 0 amide bonds. The lowest BCUT2D eigenvalue weighted by Crippen LogP contribution is -2.27.